The number of carbonyl (C=O) groups excluding carboxylic acids is 3. The van der Waals surface area contributed by atoms with Crippen LogP contribution in [0, 0.1) is 0 Å². The van der Waals surface area contributed by atoms with Gasteiger partial charge in [-0.3, -0.25) is 14.6 Å². The fraction of sp³-hybridized carbons (Fsp3) is 0.379. The van der Waals surface area contributed by atoms with E-state index in [0.717, 1.165) is 17.5 Å². The number of hydrogen-bond donors (Lipinski definition) is 5. The number of benzene rings is 2. The number of alkyl carbamates (subject to hydrolysis) is 1. The summed E-state index contributed by atoms with van der Waals surface area (Å²) in [7, 11) is 0. The van der Waals surface area contributed by atoms with Gasteiger partial charge >= 0.3 is 6.09 Å². The smallest absolute Gasteiger partial charge is 0.407 e. The van der Waals surface area contributed by atoms with Crippen molar-refractivity contribution in [3.63, 3.8) is 0 Å². The molecule has 1 amide bonds. The first-order valence-corrected chi connectivity index (χ1v) is 13.2. The van der Waals surface area contributed by atoms with Crippen molar-refractivity contribution in [3.8, 4) is 0 Å². The molecule has 0 radical (unpaired) electrons. The van der Waals surface area contributed by atoms with Crippen LogP contribution in [0.3, 0.4) is 0 Å². The lowest BCUT2D eigenvalue weighted by molar-refractivity contribution is -0.138. The number of carbonyl (C=O) groups is 3. The Morgan fingerprint density at radius 2 is 1.85 bits per heavy atom. The van der Waals surface area contributed by atoms with Crippen molar-refractivity contribution >= 4 is 29.7 Å². The minimum absolute atomic E-state index is 0.0431. The summed E-state index contributed by atoms with van der Waals surface area (Å²) in [4.78, 5) is 45.8. The topological polar surface area (TPSA) is 175 Å². The maximum absolute atomic E-state index is 14.4. The van der Waals surface area contributed by atoms with Crippen LogP contribution in [0.25, 0.3) is 6.08 Å². The molecule has 8 N–H and O–H groups in total. The van der Waals surface area contributed by atoms with E-state index in [0.29, 0.717) is 31.5 Å². The van der Waals surface area contributed by atoms with Gasteiger partial charge in [0.15, 0.2) is 17.5 Å². The summed E-state index contributed by atoms with van der Waals surface area (Å²) in [5.41, 5.74) is 17.6. The normalized spacial score (nSPS) is 22.4. The van der Waals surface area contributed by atoms with E-state index in [4.69, 9.17) is 21.9 Å². The summed E-state index contributed by atoms with van der Waals surface area (Å²) in [6, 6.07) is 13.9. The van der Waals surface area contributed by atoms with Gasteiger partial charge in [0.05, 0.1) is 18.1 Å². The molecule has 1 saturated heterocycles. The molecule has 206 valence electrons. The number of fused-ring (bicyclic) bond motifs is 1. The Morgan fingerprint density at radius 3 is 2.56 bits per heavy atom. The molecule has 10 heteroatoms. The van der Waals surface area contributed by atoms with E-state index in [1.165, 1.54) is 0 Å². The second kappa shape index (κ2) is 12.7. The Hall–Kier alpha value is -4.02. The molecule has 2 aromatic carbocycles. The number of hydrogen-bond acceptors (Lipinski definition) is 7. The predicted octanol–water partition coefficient (Wildman–Crippen LogP) is 1.52. The average Bonchev–Trinajstić information content (AvgIpc) is 3.49. The summed E-state index contributed by atoms with van der Waals surface area (Å²) >= 11 is 0. The third-order valence-electron chi connectivity index (χ3n) is 7.26. The number of ketones is 2. The lowest BCUT2D eigenvalue weighted by Gasteiger charge is -2.43. The van der Waals surface area contributed by atoms with Gasteiger partial charge in [-0.15, -0.1) is 0 Å². The largest absolute Gasteiger partial charge is 0.445 e. The second-order valence-electron chi connectivity index (χ2n) is 9.87. The first-order valence-electron chi connectivity index (χ1n) is 13.2. The molecule has 0 spiro atoms. The third kappa shape index (κ3) is 6.18. The number of nitrogens with one attached hydrogen (secondary N) is 2. The highest BCUT2D eigenvalue weighted by atomic mass is 16.5. The van der Waals surface area contributed by atoms with Crippen LogP contribution >= 0.6 is 0 Å². The molecule has 2 unspecified atom stereocenters. The number of amides is 1. The van der Waals surface area contributed by atoms with E-state index in [2.05, 4.69) is 15.6 Å². The zero-order valence-electron chi connectivity index (χ0n) is 21.8. The SMILES string of the molecule is NC(N)=NCCC[C@H](N)C(=O)C1(C(=O)[C@@H]2CCCN2)c2ccccc2C=CC1NC(=O)OCc1ccccc1. The van der Waals surface area contributed by atoms with Crippen LogP contribution in [-0.2, 0) is 26.3 Å². The highest BCUT2D eigenvalue weighted by molar-refractivity contribution is 6.18. The second-order valence-corrected chi connectivity index (χ2v) is 9.87. The lowest BCUT2D eigenvalue weighted by Crippen LogP contribution is -2.66. The molecule has 39 heavy (non-hydrogen) atoms. The summed E-state index contributed by atoms with van der Waals surface area (Å²) in [5, 5.41) is 6.05. The molecule has 1 aliphatic carbocycles. The first-order chi connectivity index (χ1) is 18.8. The van der Waals surface area contributed by atoms with Gasteiger partial charge in [0.1, 0.15) is 12.0 Å². The zero-order valence-corrected chi connectivity index (χ0v) is 21.8. The van der Waals surface area contributed by atoms with Crippen molar-refractivity contribution in [2.75, 3.05) is 13.1 Å². The fourth-order valence-electron chi connectivity index (χ4n) is 5.38. The van der Waals surface area contributed by atoms with Gasteiger partial charge in [-0.05, 0) is 48.9 Å². The van der Waals surface area contributed by atoms with Gasteiger partial charge in [-0.1, -0.05) is 66.7 Å². The molecule has 1 heterocycles. The van der Waals surface area contributed by atoms with Crippen LogP contribution in [0.2, 0.25) is 0 Å². The molecule has 10 nitrogen and oxygen atoms in total. The van der Waals surface area contributed by atoms with E-state index in [9.17, 15) is 14.4 Å². The number of nitrogens with two attached hydrogens (primary N) is 3. The summed E-state index contributed by atoms with van der Waals surface area (Å²) < 4.78 is 5.47. The molecule has 0 aromatic heterocycles. The van der Waals surface area contributed by atoms with Gasteiger partial charge < -0.3 is 32.6 Å². The Kier molecular flexibility index (Phi) is 9.11. The number of nitrogens with zero attached hydrogens (tertiary/aromatic N) is 1. The van der Waals surface area contributed by atoms with Crippen LogP contribution in [0.1, 0.15) is 42.4 Å². The summed E-state index contributed by atoms with van der Waals surface area (Å²) in [6.45, 7) is 1.02. The van der Waals surface area contributed by atoms with Gasteiger partial charge in [0.25, 0.3) is 0 Å². The van der Waals surface area contributed by atoms with Crippen molar-refractivity contribution in [1.82, 2.24) is 10.6 Å². The van der Waals surface area contributed by atoms with E-state index < -0.39 is 35.4 Å². The van der Waals surface area contributed by atoms with E-state index in [-0.39, 0.29) is 24.8 Å². The maximum Gasteiger partial charge on any atom is 0.407 e. The molecule has 4 atom stereocenters. The number of Topliss-reactive ketones (excluding diaryl/α,β-unsaturated/α-hetero) is 2. The summed E-state index contributed by atoms with van der Waals surface area (Å²) in [5.74, 6) is -0.815. The molecular weight excluding hydrogens is 496 g/mol. The highest BCUT2D eigenvalue weighted by Crippen LogP contribution is 2.41. The monoisotopic (exact) mass is 532 g/mol. The van der Waals surface area contributed by atoms with Gasteiger partial charge in [-0.25, -0.2) is 4.79 Å². The average molecular weight is 533 g/mol. The number of rotatable bonds is 11. The zero-order chi connectivity index (χ0) is 27.8. The highest BCUT2D eigenvalue weighted by Gasteiger charge is 2.57. The number of aliphatic imine (C=N–C) groups is 1. The van der Waals surface area contributed by atoms with Gasteiger partial charge in [0.2, 0.25) is 0 Å². The van der Waals surface area contributed by atoms with Crippen molar-refractivity contribution in [2.24, 2.45) is 22.2 Å². The van der Waals surface area contributed by atoms with Crippen molar-refractivity contribution < 1.29 is 19.1 Å². The minimum atomic E-state index is -1.74. The third-order valence-corrected chi connectivity index (χ3v) is 7.26. The molecule has 1 fully saturated rings. The molecule has 4 rings (SSSR count). The Bertz CT molecular complexity index is 1240. The predicted molar refractivity (Wildman–Crippen MR) is 150 cm³/mol. The van der Waals surface area contributed by atoms with Crippen LogP contribution in [0.15, 0.2) is 65.7 Å². The quantitative estimate of drug-likeness (QED) is 0.125. The fourth-order valence-corrected chi connectivity index (χ4v) is 5.38. The standard InChI is InChI=1S/C29H36N6O4/c30-22(12-6-17-34-27(31)32)25(36)29(26(37)23-13-7-16-33-23)21-11-5-4-10-20(21)14-15-24(29)35-28(38)39-18-19-8-2-1-3-9-19/h1-5,8-11,14-15,22-24,33H,6-7,12-13,16-18,30H2,(H,35,38)(H4,31,32,34)/t22-,23-,24?,29?/m0/s1. The van der Waals surface area contributed by atoms with Crippen LogP contribution in [0.4, 0.5) is 4.79 Å². The Labute approximate surface area is 228 Å². The molecule has 0 bridgehead atoms. The number of guanidine groups is 1. The molecule has 1 aliphatic heterocycles. The Balaban J connectivity index is 1.68. The van der Waals surface area contributed by atoms with Gasteiger partial charge in [-0.2, -0.15) is 0 Å². The maximum atomic E-state index is 14.4. The molecule has 0 saturated carbocycles. The minimum Gasteiger partial charge on any atom is -0.445 e. The van der Waals surface area contributed by atoms with Gasteiger partial charge in [0, 0.05) is 6.54 Å². The molecule has 2 aliphatic rings. The van der Waals surface area contributed by atoms with E-state index >= 15 is 0 Å². The van der Waals surface area contributed by atoms with Crippen molar-refractivity contribution in [3.05, 3.63) is 77.4 Å². The Morgan fingerprint density at radius 1 is 1.10 bits per heavy atom. The molecular formula is C29H36N6O4. The molecule has 2 aromatic rings. The van der Waals surface area contributed by atoms with E-state index in [1.807, 2.05) is 48.5 Å². The van der Waals surface area contributed by atoms with Crippen LogP contribution < -0.4 is 27.8 Å². The van der Waals surface area contributed by atoms with E-state index in [1.54, 1.807) is 18.2 Å². The van der Waals surface area contributed by atoms with Crippen LogP contribution in [-0.4, -0.2) is 54.8 Å². The first kappa shape index (κ1) is 28.0. The van der Waals surface area contributed by atoms with Crippen LogP contribution in [0.5, 0.6) is 0 Å². The van der Waals surface area contributed by atoms with Crippen molar-refractivity contribution in [1.29, 1.82) is 0 Å². The summed E-state index contributed by atoms with van der Waals surface area (Å²) in [6.07, 6.45) is 4.86. The number of ether oxygens (including phenoxy) is 1. The lowest BCUT2D eigenvalue weighted by atomic mass is 9.61. The van der Waals surface area contributed by atoms with Crippen molar-refractivity contribution in [2.45, 2.75) is 55.8 Å².